The van der Waals surface area contributed by atoms with Crippen LogP contribution >= 0.6 is 11.6 Å². The normalized spacial score (nSPS) is 11.0. The van der Waals surface area contributed by atoms with Crippen molar-refractivity contribution in [2.45, 2.75) is 19.4 Å². The number of rotatable bonds is 7. The van der Waals surface area contributed by atoms with Crippen molar-refractivity contribution in [3.8, 4) is 11.5 Å². The number of carboxylic acids is 1. The molecule has 0 atom stereocenters. The minimum atomic E-state index is -0.784. The van der Waals surface area contributed by atoms with Crippen LogP contribution in [-0.2, 0) is 11.3 Å². The van der Waals surface area contributed by atoms with Crippen LogP contribution in [0.4, 0.5) is 0 Å². The van der Waals surface area contributed by atoms with Crippen molar-refractivity contribution < 1.29 is 14.4 Å². The van der Waals surface area contributed by atoms with E-state index in [9.17, 15) is 4.79 Å². The van der Waals surface area contributed by atoms with Crippen LogP contribution in [0, 0.1) is 0 Å². The summed E-state index contributed by atoms with van der Waals surface area (Å²) >= 11 is 5.83. The fourth-order valence-electron chi connectivity index (χ4n) is 1.85. The van der Waals surface area contributed by atoms with E-state index in [0.29, 0.717) is 36.2 Å². The van der Waals surface area contributed by atoms with Gasteiger partial charge in [-0.05, 0) is 44.3 Å². The Bertz CT molecular complexity index is 598. The van der Waals surface area contributed by atoms with Gasteiger partial charge in [0, 0.05) is 17.0 Å². The Kier molecular flexibility index (Phi) is 5.30. The molecule has 6 nitrogen and oxygen atoms in total. The fraction of sp³-hybridized carbons (Fsp3) is 0.357. The van der Waals surface area contributed by atoms with E-state index in [-0.39, 0.29) is 6.42 Å². The van der Waals surface area contributed by atoms with E-state index in [1.54, 1.807) is 12.1 Å². The van der Waals surface area contributed by atoms with Crippen molar-refractivity contribution in [3.63, 3.8) is 0 Å². The largest absolute Gasteiger partial charge is 0.481 e. The average Bonchev–Trinajstić information content (AvgIpc) is 2.87. The summed E-state index contributed by atoms with van der Waals surface area (Å²) in [6, 6.07) is 7.16. The molecule has 21 heavy (non-hydrogen) atoms. The fourth-order valence-corrected chi connectivity index (χ4v) is 1.97. The topological polar surface area (TPSA) is 79.5 Å². The van der Waals surface area contributed by atoms with Crippen LogP contribution < -0.4 is 0 Å². The minimum absolute atomic E-state index is 0.159. The molecule has 2 aromatic rings. The van der Waals surface area contributed by atoms with E-state index in [0.717, 1.165) is 5.56 Å². The zero-order valence-electron chi connectivity index (χ0n) is 11.6. The molecule has 1 aromatic heterocycles. The van der Waals surface area contributed by atoms with Crippen molar-refractivity contribution >= 4 is 17.6 Å². The van der Waals surface area contributed by atoms with E-state index in [1.165, 1.54) is 0 Å². The SMILES string of the molecule is CN(CCCC(=O)O)Cc1noc(-c2ccc(Cl)cc2)n1. The standard InChI is InChI=1S/C14H16ClN3O3/c1-18(8-2-3-13(19)20)9-12-16-14(21-17-12)10-4-6-11(15)7-5-10/h4-7H,2-3,8-9H2,1H3,(H,19,20). The van der Waals surface area contributed by atoms with Crippen molar-refractivity contribution in [3.05, 3.63) is 35.1 Å². The highest BCUT2D eigenvalue weighted by Crippen LogP contribution is 2.19. The van der Waals surface area contributed by atoms with Gasteiger partial charge in [0.2, 0.25) is 0 Å². The molecule has 0 unspecified atom stereocenters. The predicted molar refractivity (Wildman–Crippen MR) is 77.9 cm³/mol. The molecule has 0 spiro atoms. The van der Waals surface area contributed by atoms with Gasteiger partial charge in [0.1, 0.15) is 0 Å². The maximum Gasteiger partial charge on any atom is 0.303 e. The Morgan fingerprint density at radius 1 is 1.38 bits per heavy atom. The maximum absolute atomic E-state index is 10.5. The number of hydrogen-bond donors (Lipinski definition) is 1. The van der Waals surface area contributed by atoms with Gasteiger partial charge in [-0.15, -0.1) is 0 Å². The van der Waals surface area contributed by atoms with Gasteiger partial charge in [0.05, 0.1) is 6.54 Å². The third-order valence-electron chi connectivity index (χ3n) is 2.90. The Hall–Kier alpha value is -1.92. The summed E-state index contributed by atoms with van der Waals surface area (Å²) < 4.78 is 5.21. The summed E-state index contributed by atoms with van der Waals surface area (Å²) in [5.74, 6) is 0.228. The van der Waals surface area contributed by atoms with Crippen molar-refractivity contribution in [2.75, 3.05) is 13.6 Å². The number of hydrogen-bond acceptors (Lipinski definition) is 5. The molecule has 7 heteroatoms. The highest BCUT2D eigenvalue weighted by Gasteiger charge is 2.11. The molecule has 0 aliphatic heterocycles. The second kappa shape index (κ2) is 7.19. The highest BCUT2D eigenvalue weighted by molar-refractivity contribution is 6.30. The summed E-state index contributed by atoms with van der Waals surface area (Å²) in [4.78, 5) is 16.7. The van der Waals surface area contributed by atoms with Gasteiger partial charge in [0.15, 0.2) is 5.82 Å². The van der Waals surface area contributed by atoms with Crippen LogP contribution in [0.1, 0.15) is 18.7 Å². The lowest BCUT2D eigenvalue weighted by Crippen LogP contribution is -2.20. The molecule has 0 saturated heterocycles. The lowest BCUT2D eigenvalue weighted by molar-refractivity contribution is -0.137. The van der Waals surface area contributed by atoms with Gasteiger partial charge < -0.3 is 9.63 Å². The maximum atomic E-state index is 10.5. The Labute approximate surface area is 127 Å². The molecule has 0 aliphatic carbocycles. The van der Waals surface area contributed by atoms with Crippen LogP contribution in [0.3, 0.4) is 0 Å². The second-order valence-corrected chi connectivity index (χ2v) is 5.19. The van der Waals surface area contributed by atoms with Crippen LogP contribution in [0.2, 0.25) is 5.02 Å². The van der Waals surface area contributed by atoms with Crippen molar-refractivity contribution in [2.24, 2.45) is 0 Å². The highest BCUT2D eigenvalue weighted by atomic mass is 35.5. The Morgan fingerprint density at radius 3 is 2.76 bits per heavy atom. The van der Waals surface area contributed by atoms with E-state index in [2.05, 4.69) is 10.1 Å². The zero-order chi connectivity index (χ0) is 15.2. The Balaban J connectivity index is 1.90. The molecule has 0 bridgehead atoms. The molecule has 0 fully saturated rings. The summed E-state index contributed by atoms with van der Waals surface area (Å²) in [5.41, 5.74) is 0.812. The quantitative estimate of drug-likeness (QED) is 0.847. The van der Waals surface area contributed by atoms with Gasteiger partial charge in [-0.3, -0.25) is 9.69 Å². The van der Waals surface area contributed by atoms with Gasteiger partial charge >= 0.3 is 5.97 Å². The molecule has 1 heterocycles. The van der Waals surface area contributed by atoms with E-state index < -0.39 is 5.97 Å². The molecule has 0 radical (unpaired) electrons. The number of aliphatic carboxylic acids is 1. The van der Waals surface area contributed by atoms with Crippen LogP contribution in [-0.4, -0.2) is 39.7 Å². The molecule has 0 amide bonds. The Morgan fingerprint density at radius 2 is 2.10 bits per heavy atom. The first-order valence-electron chi connectivity index (χ1n) is 6.53. The second-order valence-electron chi connectivity index (χ2n) is 4.76. The van der Waals surface area contributed by atoms with Gasteiger partial charge in [0.25, 0.3) is 5.89 Å². The molecular weight excluding hydrogens is 294 g/mol. The molecule has 112 valence electrons. The number of carbonyl (C=O) groups is 1. The average molecular weight is 310 g/mol. The van der Waals surface area contributed by atoms with Crippen molar-refractivity contribution in [1.29, 1.82) is 0 Å². The van der Waals surface area contributed by atoms with E-state index >= 15 is 0 Å². The minimum Gasteiger partial charge on any atom is -0.481 e. The first kappa shape index (κ1) is 15.5. The predicted octanol–water partition coefficient (Wildman–Crippen LogP) is 2.69. The molecular formula is C14H16ClN3O3. The number of aromatic nitrogens is 2. The molecule has 2 rings (SSSR count). The molecule has 1 N–H and O–H groups in total. The lowest BCUT2D eigenvalue weighted by atomic mass is 10.2. The lowest BCUT2D eigenvalue weighted by Gasteiger charge is -2.12. The number of benzene rings is 1. The first-order chi connectivity index (χ1) is 10.0. The third-order valence-corrected chi connectivity index (χ3v) is 3.15. The molecule has 1 aromatic carbocycles. The summed E-state index contributed by atoms with van der Waals surface area (Å²) in [6.07, 6.45) is 0.750. The molecule has 0 aliphatic rings. The zero-order valence-corrected chi connectivity index (χ0v) is 12.4. The monoisotopic (exact) mass is 309 g/mol. The smallest absolute Gasteiger partial charge is 0.303 e. The third kappa shape index (κ3) is 4.84. The molecule has 0 saturated carbocycles. The van der Waals surface area contributed by atoms with Crippen LogP contribution in [0.15, 0.2) is 28.8 Å². The summed E-state index contributed by atoms with van der Waals surface area (Å²) in [7, 11) is 1.89. The van der Waals surface area contributed by atoms with Crippen LogP contribution in [0.25, 0.3) is 11.5 Å². The summed E-state index contributed by atoms with van der Waals surface area (Å²) in [5, 5.41) is 13.2. The van der Waals surface area contributed by atoms with Crippen LogP contribution in [0.5, 0.6) is 0 Å². The number of nitrogens with zero attached hydrogens (tertiary/aromatic N) is 3. The number of halogens is 1. The van der Waals surface area contributed by atoms with Crippen molar-refractivity contribution in [1.82, 2.24) is 15.0 Å². The summed E-state index contributed by atoms with van der Waals surface area (Å²) in [6.45, 7) is 1.17. The number of carboxylic acid groups (broad SMARTS) is 1. The van der Waals surface area contributed by atoms with Gasteiger partial charge in [-0.2, -0.15) is 4.98 Å². The van der Waals surface area contributed by atoms with Gasteiger partial charge in [-0.25, -0.2) is 0 Å². The van der Waals surface area contributed by atoms with E-state index in [1.807, 2.05) is 24.1 Å². The van der Waals surface area contributed by atoms with Gasteiger partial charge in [-0.1, -0.05) is 16.8 Å². The first-order valence-corrected chi connectivity index (χ1v) is 6.91. The van der Waals surface area contributed by atoms with E-state index in [4.69, 9.17) is 21.2 Å².